The summed E-state index contributed by atoms with van der Waals surface area (Å²) in [6.45, 7) is 6.68. The molecule has 3 heteroatoms. The lowest BCUT2D eigenvalue weighted by Gasteiger charge is -2.01. The Kier molecular flexibility index (Phi) is 2.94. The van der Waals surface area contributed by atoms with Crippen LogP contribution in [0.4, 0.5) is 0 Å². The van der Waals surface area contributed by atoms with Crippen LogP contribution >= 0.6 is 0 Å². The number of nitrogens with two attached hydrogens (primary N) is 1. The van der Waals surface area contributed by atoms with Crippen molar-refractivity contribution in [1.29, 1.82) is 0 Å². The van der Waals surface area contributed by atoms with Crippen LogP contribution < -0.4 is 5.73 Å². The Morgan fingerprint density at radius 2 is 2.50 bits per heavy atom. The number of furan rings is 1. The van der Waals surface area contributed by atoms with Gasteiger partial charge in [-0.05, 0) is 13.0 Å². The van der Waals surface area contributed by atoms with Crippen molar-refractivity contribution < 1.29 is 9.15 Å². The highest BCUT2D eigenvalue weighted by Gasteiger charge is 2.04. The van der Waals surface area contributed by atoms with Crippen LogP contribution in [0.3, 0.4) is 0 Å². The molecule has 0 aliphatic rings. The normalized spacial score (nSPS) is 9.83. The molecule has 0 saturated heterocycles. The van der Waals surface area contributed by atoms with E-state index >= 15 is 0 Å². The average molecular weight is 167 g/mol. The fraction of sp³-hybridized carbons (Fsp3) is 0.333. The topological polar surface area (TPSA) is 48.4 Å². The van der Waals surface area contributed by atoms with Gasteiger partial charge < -0.3 is 14.9 Å². The highest BCUT2D eigenvalue weighted by molar-refractivity contribution is 5.52. The van der Waals surface area contributed by atoms with Gasteiger partial charge in [-0.3, -0.25) is 0 Å². The molecule has 0 aliphatic carbocycles. The quantitative estimate of drug-likeness (QED) is 0.695. The van der Waals surface area contributed by atoms with Crippen molar-refractivity contribution in [2.24, 2.45) is 5.73 Å². The molecule has 0 aromatic carbocycles. The molecule has 1 aromatic rings. The summed E-state index contributed by atoms with van der Waals surface area (Å²) in [4.78, 5) is 0. The Morgan fingerprint density at radius 1 is 1.75 bits per heavy atom. The smallest absolute Gasteiger partial charge is 0.168 e. The summed E-state index contributed by atoms with van der Waals surface area (Å²) >= 11 is 0. The first-order valence-corrected chi connectivity index (χ1v) is 3.87. The number of hydrogen-bond acceptors (Lipinski definition) is 3. The summed E-state index contributed by atoms with van der Waals surface area (Å²) in [5.74, 6) is 1.20. The average Bonchev–Trinajstić information content (AvgIpc) is 2.52. The van der Waals surface area contributed by atoms with Gasteiger partial charge in [-0.2, -0.15) is 0 Å². The van der Waals surface area contributed by atoms with Gasteiger partial charge in [0, 0.05) is 12.1 Å². The maximum Gasteiger partial charge on any atom is 0.168 e. The zero-order valence-electron chi connectivity index (χ0n) is 7.17. The molecular weight excluding hydrogens is 154 g/mol. The van der Waals surface area contributed by atoms with Crippen LogP contribution in [0.15, 0.2) is 23.3 Å². The SMILES string of the molecule is C=C(OCC)c1cc(CN)co1. The predicted octanol–water partition coefficient (Wildman–Crippen LogP) is 1.75. The molecule has 1 aromatic heterocycles. The largest absolute Gasteiger partial charge is 0.491 e. The van der Waals surface area contributed by atoms with E-state index in [1.165, 1.54) is 0 Å². The molecule has 3 nitrogen and oxygen atoms in total. The van der Waals surface area contributed by atoms with Crippen LogP contribution in [0.2, 0.25) is 0 Å². The molecule has 12 heavy (non-hydrogen) atoms. The van der Waals surface area contributed by atoms with E-state index in [1.807, 2.05) is 13.0 Å². The minimum Gasteiger partial charge on any atom is -0.491 e. The molecule has 0 fully saturated rings. The van der Waals surface area contributed by atoms with E-state index in [4.69, 9.17) is 14.9 Å². The van der Waals surface area contributed by atoms with Gasteiger partial charge in [-0.1, -0.05) is 6.58 Å². The molecule has 1 heterocycles. The van der Waals surface area contributed by atoms with Crippen molar-refractivity contribution in [3.8, 4) is 0 Å². The van der Waals surface area contributed by atoms with E-state index in [-0.39, 0.29) is 0 Å². The lowest BCUT2D eigenvalue weighted by molar-refractivity contribution is 0.288. The van der Waals surface area contributed by atoms with Crippen molar-refractivity contribution in [3.63, 3.8) is 0 Å². The number of ether oxygens (including phenoxy) is 1. The zero-order valence-corrected chi connectivity index (χ0v) is 7.17. The van der Waals surface area contributed by atoms with Gasteiger partial charge >= 0.3 is 0 Å². The van der Waals surface area contributed by atoms with Gasteiger partial charge in [-0.25, -0.2) is 0 Å². The molecule has 0 spiro atoms. The van der Waals surface area contributed by atoms with Crippen molar-refractivity contribution in [2.45, 2.75) is 13.5 Å². The zero-order chi connectivity index (χ0) is 8.97. The highest BCUT2D eigenvalue weighted by Crippen LogP contribution is 2.16. The first-order chi connectivity index (χ1) is 5.77. The first kappa shape index (κ1) is 8.87. The maximum atomic E-state index is 5.41. The van der Waals surface area contributed by atoms with E-state index in [0.29, 0.717) is 24.7 Å². The van der Waals surface area contributed by atoms with Crippen molar-refractivity contribution >= 4 is 5.76 Å². The summed E-state index contributed by atoms with van der Waals surface area (Å²) in [5.41, 5.74) is 6.36. The number of rotatable bonds is 4. The van der Waals surface area contributed by atoms with Gasteiger partial charge in [-0.15, -0.1) is 0 Å². The monoisotopic (exact) mass is 167 g/mol. The van der Waals surface area contributed by atoms with Crippen LogP contribution in [0, 0.1) is 0 Å². The molecule has 0 unspecified atom stereocenters. The molecule has 0 aliphatic heterocycles. The Morgan fingerprint density at radius 3 is 3.00 bits per heavy atom. The van der Waals surface area contributed by atoms with E-state index in [2.05, 4.69) is 6.58 Å². The van der Waals surface area contributed by atoms with Gasteiger partial charge in [0.2, 0.25) is 0 Å². The fourth-order valence-electron chi connectivity index (χ4n) is 0.874. The van der Waals surface area contributed by atoms with Crippen molar-refractivity contribution in [1.82, 2.24) is 0 Å². The Bertz CT molecular complexity index is 265. The predicted molar refractivity (Wildman–Crippen MR) is 47.3 cm³/mol. The molecule has 0 saturated carbocycles. The Labute approximate surface area is 71.8 Å². The second-order valence-electron chi connectivity index (χ2n) is 2.38. The molecule has 0 atom stereocenters. The van der Waals surface area contributed by atoms with Crippen molar-refractivity contribution in [2.75, 3.05) is 6.61 Å². The lowest BCUT2D eigenvalue weighted by Crippen LogP contribution is -1.93. The Balaban J connectivity index is 2.68. The minimum atomic E-state index is 0.475. The summed E-state index contributed by atoms with van der Waals surface area (Å²) in [5, 5.41) is 0. The molecule has 0 radical (unpaired) electrons. The third-order valence-electron chi connectivity index (χ3n) is 1.48. The van der Waals surface area contributed by atoms with Crippen LogP contribution in [0.1, 0.15) is 18.2 Å². The van der Waals surface area contributed by atoms with Crippen LogP contribution in [-0.4, -0.2) is 6.61 Å². The van der Waals surface area contributed by atoms with E-state index in [1.54, 1.807) is 6.26 Å². The van der Waals surface area contributed by atoms with E-state index in [9.17, 15) is 0 Å². The van der Waals surface area contributed by atoms with Crippen LogP contribution in [-0.2, 0) is 11.3 Å². The standard InChI is InChI=1S/C9H13NO2/c1-3-11-7(2)9-4-8(5-10)6-12-9/h4,6H,2-3,5,10H2,1H3. The lowest BCUT2D eigenvalue weighted by atomic mass is 10.3. The first-order valence-electron chi connectivity index (χ1n) is 3.87. The van der Waals surface area contributed by atoms with Gasteiger partial charge in [0.15, 0.2) is 11.5 Å². The fourth-order valence-corrected chi connectivity index (χ4v) is 0.874. The molecule has 2 N–H and O–H groups in total. The maximum absolute atomic E-state index is 5.41. The van der Waals surface area contributed by atoms with Gasteiger partial charge in [0.25, 0.3) is 0 Å². The third-order valence-corrected chi connectivity index (χ3v) is 1.48. The van der Waals surface area contributed by atoms with Gasteiger partial charge in [0.1, 0.15) is 0 Å². The number of hydrogen-bond donors (Lipinski definition) is 1. The molecule has 66 valence electrons. The summed E-state index contributed by atoms with van der Waals surface area (Å²) < 4.78 is 10.3. The van der Waals surface area contributed by atoms with Crippen molar-refractivity contribution in [3.05, 3.63) is 30.2 Å². The van der Waals surface area contributed by atoms with E-state index < -0.39 is 0 Å². The molecule has 0 amide bonds. The molecule has 0 bridgehead atoms. The Hall–Kier alpha value is -1.22. The van der Waals surface area contributed by atoms with E-state index in [0.717, 1.165) is 5.56 Å². The van der Waals surface area contributed by atoms with Crippen LogP contribution in [0.25, 0.3) is 5.76 Å². The second kappa shape index (κ2) is 3.97. The molecule has 1 rings (SSSR count). The third kappa shape index (κ3) is 1.89. The highest BCUT2D eigenvalue weighted by atomic mass is 16.5. The van der Waals surface area contributed by atoms with Gasteiger partial charge in [0.05, 0.1) is 12.9 Å². The van der Waals surface area contributed by atoms with Crippen LogP contribution in [0.5, 0.6) is 0 Å². The second-order valence-corrected chi connectivity index (χ2v) is 2.38. The minimum absolute atomic E-state index is 0.475. The summed E-state index contributed by atoms with van der Waals surface area (Å²) in [7, 11) is 0. The molecular formula is C9H13NO2. The summed E-state index contributed by atoms with van der Waals surface area (Å²) in [6, 6.07) is 1.83. The summed E-state index contributed by atoms with van der Waals surface area (Å²) in [6.07, 6.45) is 1.61.